The molecule has 5 nitrogen and oxygen atoms in total. The zero-order valence-corrected chi connectivity index (χ0v) is 19.4. The highest BCUT2D eigenvalue weighted by atomic mass is 35.5. The lowest BCUT2D eigenvalue weighted by atomic mass is 9.91. The molecule has 0 N–H and O–H groups in total. The van der Waals surface area contributed by atoms with E-state index in [0.717, 1.165) is 22.3 Å². The minimum Gasteiger partial charge on any atom is -0.318 e. The van der Waals surface area contributed by atoms with Crippen LogP contribution in [0.2, 0.25) is 10.0 Å². The topological polar surface area (TPSA) is 68.5 Å². The normalized spacial score (nSPS) is 13.2. The molecule has 0 saturated carbocycles. The number of fused-ring (bicyclic) bond motifs is 3. The van der Waals surface area contributed by atoms with Gasteiger partial charge in [0.1, 0.15) is 0 Å². The van der Waals surface area contributed by atoms with Gasteiger partial charge in [-0.05, 0) is 34.9 Å². The molecule has 0 amide bonds. The molecule has 1 aliphatic rings. The van der Waals surface area contributed by atoms with Crippen LogP contribution in [0.4, 0.5) is 0 Å². The van der Waals surface area contributed by atoms with E-state index in [1.807, 2.05) is 12.1 Å². The van der Waals surface area contributed by atoms with E-state index in [9.17, 15) is 13.2 Å². The lowest BCUT2D eigenvalue weighted by Gasteiger charge is -2.15. The van der Waals surface area contributed by atoms with Crippen molar-refractivity contribution in [3.8, 4) is 11.1 Å². The Labute approximate surface area is 190 Å². The number of hydrogen-bond donors (Lipinski definition) is 0. The molecule has 31 heavy (non-hydrogen) atoms. The van der Waals surface area contributed by atoms with Gasteiger partial charge in [-0.15, -0.1) is 0 Å². The van der Waals surface area contributed by atoms with E-state index in [2.05, 4.69) is 0 Å². The van der Waals surface area contributed by atoms with Gasteiger partial charge in [0.2, 0.25) is 0 Å². The third-order valence-corrected chi connectivity index (χ3v) is 7.66. The standard InChI is InChI=1S/C23H20Cl2N2O3S/c1-3-31(29,30)13-14-7-8-16-17(9-14)18-12-27(2)21(28)10-15(18)11-26-23(16)22-19(24)5-4-6-20(22)25/h4-10,12H,3,11,13H2,1-2H3. The molecule has 1 aromatic heterocycles. The van der Waals surface area contributed by atoms with E-state index >= 15 is 0 Å². The van der Waals surface area contributed by atoms with E-state index in [-0.39, 0.29) is 23.6 Å². The minimum atomic E-state index is -3.21. The monoisotopic (exact) mass is 474 g/mol. The average Bonchev–Trinajstić information content (AvgIpc) is 2.86. The molecule has 0 aliphatic carbocycles. The highest BCUT2D eigenvalue weighted by Gasteiger charge is 2.24. The van der Waals surface area contributed by atoms with Crippen LogP contribution in [0.5, 0.6) is 0 Å². The average molecular weight is 475 g/mol. The zero-order valence-electron chi connectivity index (χ0n) is 17.0. The third-order valence-electron chi connectivity index (χ3n) is 5.38. The van der Waals surface area contributed by atoms with Gasteiger partial charge in [0, 0.05) is 41.8 Å². The van der Waals surface area contributed by atoms with Crippen LogP contribution in [-0.2, 0) is 29.2 Å². The zero-order chi connectivity index (χ0) is 22.3. The summed E-state index contributed by atoms with van der Waals surface area (Å²) in [5.41, 5.74) is 4.92. The maximum atomic E-state index is 12.3. The van der Waals surface area contributed by atoms with Crippen molar-refractivity contribution in [2.75, 3.05) is 5.75 Å². The highest BCUT2D eigenvalue weighted by molar-refractivity contribution is 7.90. The van der Waals surface area contributed by atoms with Crippen LogP contribution < -0.4 is 5.56 Å². The molecule has 0 radical (unpaired) electrons. The van der Waals surface area contributed by atoms with E-state index < -0.39 is 9.84 Å². The van der Waals surface area contributed by atoms with Crippen LogP contribution in [-0.4, -0.2) is 24.4 Å². The molecular formula is C23H20Cl2N2O3S. The lowest BCUT2D eigenvalue weighted by molar-refractivity contribution is 0.596. The fourth-order valence-corrected chi connectivity index (χ4v) is 5.16. The number of rotatable bonds is 4. The number of benzene rings is 2. The summed E-state index contributed by atoms with van der Waals surface area (Å²) in [5.74, 6) is 0.00825. The molecule has 0 unspecified atom stereocenters. The first-order valence-corrected chi connectivity index (χ1v) is 12.3. The Morgan fingerprint density at radius 1 is 1.03 bits per heavy atom. The van der Waals surface area contributed by atoms with Crippen molar-refractivity contribution >= 4 is 38.8 Å². The van der Waals surface area contributed by atoms with E-state index in [4.69, 9.17) is 28.2 Å². The van der Waals surface area contributed by atoms with Gasteiger partial charge in [-0.2, -0.15) is 0 Å². The summed E-state index contributed by atoms with van der Waals surface area (Å²) in [6, 6.07) is 12.3. The van der Waals surface area contributed by atoms with Gasteiger partial charge in [0.15, 0.2) is 9.84 Å². The first kappa shape index (κ1) is 21.8. The number of halogens is 2. The number of pyridine rings is 1. The van der Waals surface area contributed by atoms with Crippen LogP contribution in [0.1, 0.15) is 29.2 Å². The second-order valence-electron chi connectivity index (χ2n) is 7.48. The van der Waals surface area contributed by atoms with E-state index in [1.165, 1.54) is 4.57 Å². The van der Waals surface area contributed by atoms with Crippen molar-refractivity contribution < 1.29 is 8.42 Å². The van der Waals surface area contributed by atoms with Crippen molar-refractivity contribution in [3.05, 3.63) is 91.3 Å². The molecule has 1 aliphatic heterocycles. The summed E-state index contributed by atoms with van der Waals surface area (Å²) >= 11 is 13.0. The van der Waals surface area contributed by atoms with Gasteiger partial charge in [0.25, 0.3) is 5.56 Å². The fourth-order valence-electron chi connectivity index (χ4n) is 3.70. The molecule has 3 aromatic rings. The molecule has 0 fully saturated rings. The number of hydrogen-bond acceptors (Lipinski definition) is 4. The molecule has 0 bridgehead atoms. The quantitative estimate of drug-likeness (QED) is 0.552. The van der Waals surface area contributed by atoms with E-state index in [0.29, 0.717) is 26.9 Å². The third kappa shape index (κ3) is 4.20. The predicted molar refractivity (Wildman–Crippen MR) is 126 cm³/mol. The Kier molecular flexibility index (Phi) is 5.81. The van der Waals surface area contributed by atoms with Crippen LogP contribution in [0.25, 0.3) is 11.1 Å². The molecule has 4 rings (SSSR count). The summed E-state index contributed by atoms with van der Waals surface area (Å²) in [5, 5.41) is 0.937. The Hall–Kier alpha value is -2.41. The first-order valence-electron chi connectivity index (χ1n) is 9.72. The summed E-state index contributed by atoms with van der Waals surface area (Å²) < 4.78 is 25.9. The van der Waals surface area contributed by atoms with Crippen molar-refractivity contribution in [1.82, 2.24) is 4.57 Å². The maximum absolute atomic E-state index is 12.3. The first-order chi connectivity index (χ1) is 14.7. The predicted octanol–water partition coefficient (Wildman–Crippen LogP) is 4.64. The van der Waals surface area contributed by atoms with Crippen molar-refractivity contribution in [1.29, 1.82) is 0 Å². The smallest absolute Gasteiger partial charge is 0.250 e. The number of aryl methyl sites for hydroxylation is 1. The Morgan fingerprint density at radius 2 is 1.74 bits per heavy atom. The molecule has 0 saturated heterocycles. The Bertz CT molecular complexity index is 1370. The molecule has 8 heteroatoms. The minimum absolute atomic E-state index is 0.0583. The van der Waals surface area contributed by atoms with Gasteiger partial charge in [-0.1, -0.05) is 48.3 Å². The molecule has 0 spiro atoms. The lowest BCUT2D eigenvalue weighted by Crippen LogP contribution is -2.16. The van der Waals surface area contributed by atoms with Gasteiger partial charge < -0.3 is 4.57 Å². The van der Waals surface area contributed by atoms with Crippen LogP contribution in [0, 0.1) is 0 Å². The number of sulfone groups is 1. The van der Waals surface area contributed by atoms with Crippen molar-refractivity contribution in [2.45, 2.75) is 19.2 Å². The van der Waals surface area contributed by atoms with Crippen molar-refractivity contribution in [3.63, 3.8) is 0 Å². The highest BCUT2D eigenvalue weighted by Crippen LogP contribution is 2.36. The van der Waals surface area contributed by atoms with Gasteiger partial charge in [-0.3, -0.25) is 9.79 Å². The summed E-state index contributed by atoms with van der Waals surface area (Å²) in [6.07, 6.45) is 1.77. The van der Waals surface area contributed by atoms with Crippen LogP contribution in [0.3, 0.4) is 0 Å². The summed E-state index contributed by atoms with van der Waals surface area (Å²) in [6.45, 7) is 1.91. The number of nitrogens with zero attached hydrogens (tertiary/aromatic N) is 2. The summed E-state index contributed by atoms with van der Waals surface area (Å²) in [7, 11) is -1.52. The van der Waals surface area contributed by atoms with Crippen LogP contribution in [0.15, 0.2) is 58.4 Å². The van der Waals surface area contributed by atoms with Gasteiger partial charge in [-0.25, -0.2) is 8.42 Å². The molecule has 2 aromatic carbocycles. The molecule has 2 heterocycles. The van der Waals surface area contributed by atoms with E-state index in [1.54, 1.807) is 50.5 Å². The van der Waals surface area contributed by atoms with Crippen LogP contribution >= 0.6 is 23.2 Å². The summed E-state index contributed by atoms with van der Waals surface area (Å²) in [4.78, 5) is 17.0. The maximum Gasteiger partial charge on any atom is 0.250 e. The number of aromatic nitrogens is 1. The SMILES string of the molecule is CCS(=O)(=O)Cc1ccc2c(c1)-c1cn(C)c(=O)cc1CN=C2c1c(Cl)cccc1Cl. The fraction of sp³-hybridized carbons (Fsp3) is 0.217. The molecular weight excluding hydrogens is 455 g/mol. The largest absolute Gasteiger partial charge is 0.318 e. The number of aliphatic imine (C=N–C) groups is 1. The van der Waals surface area contributed by atoms with Gasteiger partial charge in [0.05, 0.1) is 28.1 Å². The Balaban J connectivity index is 2.01. The van der Waals surface area contributed by atoms with Gasteiger partial charge >= 0.3 is 0 Å². The molecule has 0 atom stereocenters. The second-order valence-corrected chi connectivity index (χ2v) is 10.6. The Morgan fingerprint density at radius 3 is 2.42 bits per heavy atom. The van der Waals surface area contributed by atoms with Crippen molar-refractivity contribution in [2.24, 2.45) is 12.0 Å². The molecule has 160 valence electrons. The second kappa shape index (κ2) is 8.26.